The van der Waals surface area contributed by atoms with E-state index in [0.29, 0.717) is 59.1 Å². The smallest absolute Gasteiger partial charge is 0.0892 e. The zero-order chi connectivity index (χ0) is 65.8. The van der Waals surface area contributed by atoms with Crippen LogP contribution in [0.3, 0.4) is 0 Å². The standard InChI is InChI=1S/2C5H13NO.2C4H11NO2.4C4H11NO.2C3H9NO2.3C3H9NO/c1-5(2,3-6)4-7;6-4-2-1-3-5-7;1-4(5,2-6)3-7;5-1-3-7-4-2-6;1-4(2,5)3-6;1-2-4(5)3-6;1-2-4(6)3-5;5-3-1-2-4-6;4-3(1-5)2-6;4-1-3(6)2-5;1-3(4)2-5;2*1-3(5)2-4/h7H,3-4,6H2,1-2H3;7H,1-6H2;6-7H,2-3,5H2,1H3;6H,1-5H2;6H,3,5H2,1-2H3;2*4,6H,2-3,5H2,1H3;6H,1-5H2;2*3,5-6H,1-2,4H2;3*3,5H,2,4H2,1H3/t;;;;;;;;;;3*3-/m..........111/s1. The summed E-state index contributed by atoms with van der Waals surface area (Å²) in [6, 6.07) is -0.523. The van der Waals surface area contributed by atoms with Crippen molar-refractivity contribution in [1.29, 1.82) is 0 Å². The molecule has 0 saturated carbocycles. The lowest BCUT2D eigenvalue weighted by Crippen LogP contribution is -2.43. The molecule has 500 valence electrons. The second-order valence-electron chi connectivity index (χ2n) is 18.7. The molecule has 0 rings (SSSR count). The Kier molecular flexibility index (Phi) is 133. The summed E-state index contributed by atoms with van der Waals surface area (Å²) < 4.78 is 4.76. The van der Waals surface area contributed by atoms with E-state index in [1.165, 1.54) is 0 Å². The van der Waals surface area contributed by atoms with Gasteiger partial charge in [0.1, 0.15) is 0 Å². The van der Waals surface area contributed by atoms with Crippen LogP contribution in [0.1, 0.15) is 114 Å². The summed E-state index contributed by atoms with van der Waals surface area (Å²) >= 11 is 0. The van der Waals surface area contributed by atoms with Crippen LogP contribution in [-0.2, 0) is 4.74 Å². The van der Waals surface area contributed by atoms with Gasteiger partial charge in [0, 0.05) is 75.6 Å². The van der Waals surface area contributed by atoms with Crippen molar-refractivity contribution in [2.75, 3.05) is 145 Å². The number of rotatable bonds is 27. The fourth-order valence-electron chi connectivity index (χ4n) is 1.48. The third kappa shape index (κ3) is 196. The maximum atomic E-state index is 8.54. The van der Waals surface area contributed by atoms with E-state index in [0.717, 1.165) is 51.5 Å². The Morgan fingerprint density at radius 2 is 0.747 bits per heavy atom. The molecule has 0 aromatic heterocycles. The Labute approximate surface area is 478 Å². The summed E-state index contributed by atoms with van der Waals surface area (Å²) in [5.74, 6) is 0. The minimum Gasteiger partial charge on any atom is -0.396 e. The molecular formula is C49H137N13O17. The lowest BCUT2D eigenvalue weighted by Gasteiger charge is -2.17. The fraction of sp³-hybridized carbons (Fsp3) is 1.00. The molecule has 0 aliphatic rings. The van der Waals surface area contributed by atoms with Gasteiger partial charge in [-0.15, -0.1) is 0 Å². The second kappa shape index (κ2) is 96.0. The zero-order valence-electron chi connectivity index (χ0n) is 51.1. The largest absolute Gasteiger partial charge is 0.396 e. The van der Waals surface area contributed by atoms with Gasteiger partial charge in [0.25, 0.3) is 0 Å². The zero-order valence-corrected chi connectivity index (χ0v) is 51.1. The molecule has 6 atom stereocenters. The fourth-order valence-corrected chi connectivity index (χ4v) is 1.48. The van der Waals surface area contributed by atoms with Gasteiger partial charge in [-0.2, -0.15) is 0 Å². The number of aliphatic hydroxyl groups excluding tert-OH is 16. The Balaban J connectivity index is -0.0000000544. The summed E-state index contributed by atoms with van der Waals surface area (Å²) in [4.78, 5) is 0. The summed E-state index contributed by atoms with van der Waals surface area (Å²) in [6.45, 7) is 22.8. The van der Waals surface area contributed by atoms with Gasteiger partial charge < -0.3 is 161 Å². The molecule has 0 aromatic carbocycles. The van der Waals surface area contributed by atoms with Crippen LogP contribution < -0.4 is 74.5 Å². The molecule has 30 heteroatoms. The first-order valence-electron chi connectivity index (χ1n) is 26.7. The highest BCUT2D eigenvalue weighted by Crippen LogP contribution is 2.08. The van der Waals surface area contributed by atoms with Gasteiger partial charge in [-0.3, -0.25) is 0 Å². The second-order valence-corrected chi connectivity index (χ2v) is 18.7. The first kappa shape index (κ1) is 109. The molecule has 0 radical (unpaired) electrons. The van der Waals surface area contributed by atoms with Gasteiger partial charge in [-0.1, -0.05) is 27.7 Å². The van der Waals surface area contributed by atoms with Crippen molar-refractivity contribution in [2.24, 2.45) is 80.0 Å². The summed E-state index contributed by atoms with van der Waals surface area (Å²) in [7, 11) is 0. The molecule has 0 bridgehead atoms. The van der Waals surface area contributed by atoms with Gasteiger partial charge in [0.15, 0.2) is 0 Å². The highest BCUT2D eigenvalue weighted by molar-refractivity contribution is 4.74. The maximum Gasteiger partial charge on any atom is 0.0892 e. The summed E-state index contributed by atoms with van der Waals surface area (Å²) in [5.41, 5.74) is 64.8. The van der Waals surface area contributed by atoms with E-state index in [9.17, 15) is 0 Å². The molecule has 0 spiro atoms. The lowest BCUT2D eigenvalue weighted by atomic mass is 9.96. The van der Waals surface area contributed by atoms with Gasteiger partial charge in [-0.25, -0.2) is 0 Å². The van der Waals surface area contributed by atoms with Crippen molar-refractivity contribution < 1.29 is 86.4 Å². The van der Waals surface area contributed by atoms with Crippen LogP contribution in [0, 0.1) is 5.41 Å². The number of aliphatic hydroxyl groups is 16. The summed E-state index contributed by atoms with van der Waals surface area (Å²) in [6.07, 6.45) is 4.71. The van der Waals surface area contributed by atoms with E-state index in [-0.39, 0.29) is 115 Å². The third-order valence-corrected chi connectivity index (χ3v) is 7.51. The predicted octanol–water partition coefficient (Wildman–Crippen LogP) is -8.85. The molecule has 30 nitrogen and oxygen atoms in total. The Morgan fingerprint density at radius 1 is 0.405 bits per heavy atom. The summed E-state index contributed by atoms with van der Waals surface area (Å²) in [5, 5.41) is 132. The topological polar surface area (TPSA) is 671 Å². The van der Waals surface area contributed by atoms with E-state index < -0.39 is 23.2 Å². The normalized spacial score (nSPS) is 12.3. The number of hydrogen-bond acceptors (Lipinski definition) is 30. The predicted molar refractivity (Wildman–Crippen MR) is 322 cm³/mol. The third-order valence-electron chi connectivity index (χ3n) is 7.51. The minimum absolute atomic E-state index is 0.00926. The van der Waals surface area contributed by atoms with Crippen molar-refractivity contribution in [3.63, 3.8) is 0 Å². The van der Waals surface area contributed by atoms with Crippen LogP contribution in [0.15, 0.2) is 0 Å². The van der Waals surface area contributed by atoms with Gasteiger partial charge in [0.05, 0.1) is 109 Å². The quantitative estimate of drug-likeness (QED) is 0.0340. The van der Waals surface area contributed by atoms with Crippen LogP contribution >= 0.6 is 0 Å². The van der Waals surface area contributed by atoms with E-state index in [1.807, 2.05) is 27.7 Å². The van der Waals surface area contributed by atoms with Crippen molar-refractivity contribution in [3.05, 3.63) is 0 Å². The Bertz CT molecular complexity index is 800. The maximum absolute atomic E-state index is 8.54. The van der Waals surface area contributed by atoms with Crippen LogP contribution in [0.2, 0.25) is 0 Å². The molecule has 42 N–H and O–H groups in total. The SMILES string of the molecule is CC(C)(CN)CO.CC(C)(N)CO.CC(N)(CO)CO.CCC(N)CO.CCC(O)CN.C[C@@H](N)CO.C[C@@H](O)CN.C[C@@H](O)CN.NC(CO)CO.NCC(O)CO.NCCCCCO.NCCCCO.NCCOCCO. The molecule has 3 unspecified atom stereocenters. The lowest BCUT2D eigenvalue weighted by molar-refractivity contribution is 0.0976. The number of ether oxygens (including phenoxy) is 1. The molecule has 0 fully saturated rings. The average Bonchev–Trinajstić information content (AvgIpc) is 3.45. The molecule has 0 heterocycles. The van der Waals surface area contributed by atoms with E-state index in [1.54, 1.807) is 41.5 Å². The number of hydrogen-bond donors (Lipinski definition) is 29. The van der Waals surface area contributed by atoms with Crippen LogP contribution in [-0.4, -0.2) is 280 Å². The minimum atomic E-state index is -0.806. The molecule has 0 amide bonds. The average molecular weight is 1180 g/mol. The monoisotopic (exact) mass is 1180 g/mol. The van der Waals surface area contributed by atoms with Crippen molar-refractivity contribution >= 4 is 0 Å². The Morgan fingerprint density at radius 3 is 0.835 bits per heavy atom. The van der Waals surface area contributed by atoms with Crippen LogP contribution in [0.25, 0.3) is 0 Å². The van der Waals surface area contributed by atoms with Crippen molar-refractivity contribution in [1.82, 2.24) is 0 Å². The number of nitrogens with two attached hydrogens (primary N) is 13. The van der Waals surface area contributed by atoms with Crippen molar-refractivity contribution in [3.8, 4) is 0 Å². The molecule has 0 aliphatic carbocycles. The molecule has 79 heavy (non-hydrogen) atoms. The first-order valence-corrected chi connectivity index (χ1v) is 26.7. The molecule has 0 aromatic rings. The van der Waals surface area contributed by atoms with Crippen LogP contribution in [0.4, 0.5) is 0 Å². The molecule has 0 saturated heterocycles. The highest BCUT2D eigenvalue weighted by atomic mass is 16.5. The number of unbranched alkanes of at least 4 members (excludes halogenated alkanes) is 3. The van der Waals surface area contributed by atoms with Gasteiger partial charge in [0.2, 0.25) is 0 Å². The van der Waals surface area contributed by atoms with Gasteiger partial charge >= 0.3 is 0 Å². The highest BCUT2D eigenvalue weighted by Gasteiger charge is 2.13. The van der Waals surface area contributed by atoms with E-state index in [2.05, 4.69) is 0 Å². The van der Waals surface area contributed by atoms with Crippen LogP contribution in [0.5, 0.6) is 0 Å². The molecular weight excluding hydrogens is 1040 g/mol. The van der Waals surface area contributed by atoms with E-state index >= 15 is 0 Å². The molecule has 0 aliphatic heterocycles. The van der Waals surface area contributed by atoms with Gasteiger partial charge in [-0.05, 0) is 106 Å². The Hall–Kier alpha value is -1.20. The van der Waals surface area contributed by atoms with E-state index in [4.69, 9.17) is 161 Å². The first-order chi connectivity index (χ1) is 36.6. The van der Waals surface area contributed by atoms with Crippen molar-refractivity contribution in [2.45, 2.75) is 168 Å².